The Morgan fingerprint density at radius 2 is 1.80 bits per heavy atom. The Hall–Kier alpha value is -0.0400. The van der Waals surface area contributed by atoms with Crippen LogP contribution in [0, 0.1) is 23.7 Å². The summed E-state index contributed by atoms with van der Waals surface area (Å²) in [4.78, 5) is 0. The third-order valence-corrected chi connectivity index (χ3v) is 5.32. The van der Waals surface area contributed by atoms with Crippen LogP contribution in [-0.4, -0.2) is 5.60 Å². The van der Waals surface area contributed by atoms with Crippen LogP contribution in [0.1, 0.15) is 58.3 Å². The molecule has 0 aromatic heterocycles. The summed E-state index contributed by atoms with van der Waals surface area (Å²) >= 11 is 0. The van der Waals surface area contributed by atoms with E-state index in [-0.39, 0.29) is 0 Å². The molecule has 4 aliphatic rings. The van der Waals surface area contributed by atoms with E-state index in [1.165, 1.54) is 38.5 Å². The Labute approximate surface area is 93.3 Å². The Morgan fingerprint density at radius 1 is 1.13 bits per heavy atom. The lowest BCUT2D eigenvalue weighted by Gasteiger charge is -2.58. The molecule has 0 amide bonds. The second kappa shape index (κ2) is 3.48. The molecule has 4 fully saturated rings. The lowest BCUT2D eigenvalue weighted by molar-refractivity contribution is -0.205. The van der Waals surface area contributed by atoms with Crippen LogP contribution in [-0.2, 0) is 5.11 Å². The second-order valence-corrected chi connectivity index (χ2v) is 6.42. The number of unbranched alkanes of at least 4 members (excludes halogenated alkanes) is 1. The number of hydrogen-bond acceptors (Lipinski definition) is 0. The van der Waals surface area contributed by atoms with Gasteiger partial charge >= 0.3 is 0 Å². The molecule has 0 spiro atoms. The maximum Gasteiger partial charge on any atom is 0.107 e. The molecule has 1 nitrogen and oxygen atoms in total. The van der Waals surface area contributed by atoms with Crippen LogP contribution >= 0.6 is 0 Å². The minimum atomic E-state index is -0.482. The van der Waals surface area contributed by atoms with Gasteiger partial charge in [-0.2, -0.15) is 0 Å². The van der Waals surface area contributed by atoms with Crippen molar-refractivity contribution in [3.8, 4) is 0 Å². The molecule has 0 aromatic carbocycles. The summed E-state index contributed by atoms with van der Waals surface area (Å²) in [5.74, 6) is 3.00. The summed E-state index contributed by atoms with van der Waals surface area (Å²) in [6, 6.07) is 0. The highest BCUT2D eigenvalue weighted by atomic mass is 16.3. The van der Waals surface area contributed by atoms with Crippen LogP contribution < -0.4 is 0 Å². The van der Waals surface area contributed by atoms with Gasteiger partial charge in [0.25, 0.3) is 0 Å². The molecule has 1 heteroatoms. The standard InChI is InChI=1S/C14H23O/c1-2-3-4-13-12-6-10-5-11(7-12)9-14(13,15)8-10/h10-13H,2-9H2,1H3. The Kier molecular flexibility index (Phi) is 2.35. The molecule has 0 aliphatic heterocycles. The summed E-state index contributed by atoms with van der Waals surface area (Å²) < 4.78 is 0. The summed E-state index contributed by atoms with van der Waals surface area (Å²) in [6.07, 6.45) is 9.99. The fourth-order valence-corrected chi connectivity index (χ4v) is 4.99. The second-order valence-electron chi connectivity index (χ2n) is 6.42. The van der Waals surface area contributed by atoms with Gasteiger partial charge in [0, 0.05) is 0 Å². The summed E-state index contributed by atoms with van der Waals surface area (Å²) in [5, 5.41) is 12.8. The van der Waals surface area contributed by atoms with Gasteiger partial charge in [-0.15, -0.1) is 0 Å². The van der Waals surface area contributed by atoms with Gasteiger partial charge in [0.2, 0.25) is 0 Å². The molecule has 0 aromatic rings. The van der Waals surface area contributed by atoms with Crippen molar-refractivity contribution in [1.29, 1.82) is 0 Å². The van der Waals surface area contributed by atoms with Crippen molar-refractivity contribution in [3.63, 3.8) is 0 Å². The average molecular weight is 207 g/mol. The van der Waals surface area contributed by atoms with Gasteiger partial charge in [-0.05, 0) is 62.2 Å². The minimum Gasteiger partial charge on any atom is -0.229 e. The van der Waals surface area contributed by atoms with E-state index in [9.17, 15) is 5.11 Å². The third-order valence-electron chi connectivity index (χ3n) is 5.32. The molecule has 1 radical (unpaired) electrons. The molecule has 4 bridgehead atoms. The van der Waals surface area contributed by atoms with E-state index >= 15 is 0 Å². The normalized spacial score (nSPS) is 52.4. The molecule has 0 N–H and O–H groups in total. The molecular weight excluding hydrogens is 184 g/mol. The van der Waals surface area contributed by atoms with Crippen LogP contribution in [0.25, 0.3) is 0 Å². The van der Waals surface area contributed by atoms with Crippen molar-refractivity contribution in [2.24, 2.45) is 23.7 Å². The smallest absolute Gasteiger partial charge is 0.107 e. The maximum absolute atomic E-state index is 12.8. The van der Waals surface area contributed by atoms with Crippen molar-refractivity contribution in [2.75, 3.05) is 0 Å². The first-order valence-electron chi connectivity index (χ1n) is 6.91. The molecule has 85 valence electrons. The van der Waals surface area contributed by atoms with Crippen LogP contribution in [0.5, 0.6) is 0 Å². The molecule has 0 saturated heterocycles. The molecule has 4 rings (SSSR count). The van der Waals surface area contributed by atoms with Crippen molar-refractivity contribution in [1.82, 2.24) is 0 Å². The predicted molar refractivity (Wildman–Crippen MR) is 60.0 cm³/mol. The zero-order valence-electron chi connectivity index (χ0n) is 9.87. The molecular formula is C14H23O. The highest BCUT2D eigenvalue weighted by Gasteiger charge is 2.56. The molecule has 0 heterocycles. The molecule has 15 heavy (non-hydrogen) atoms. The molecule has 4 aliphatic carbocycles. The fraction of sp³-hybridized carbons (Fsp3) is 1.00. The highest BCUT2D eigenvalue weighted by Crippen LogP contribution is 2.59. The number of rotatable bonds is 3. The van der Waals surface area contributed by atoms with E-state index in [2.05, 4.69) is 6.92 Å². The monoisotopic (exact) mass is 207 g/mol. The largest absolute Gasteiger partial charge is 0.229 e. The zero-order valence-corrected chi connectivity index (χ0v) is 9.87. The van der Waals surface area contributed by atoms with Gasteiger partial charge in [0.15, 0.2) is 0 Å². The van der Waals surface area contributed by atoms with Gasteiger partial charge in [-0.25, -0.2) is 5.11 Å². The average Bonchev–Trinajstić information content (AvgIpc) is 2.14. The quantitative estimate of drug-likeness (QED) is 0.671. The third kappa shape index (κ3) is 1.54. The van der Waals surface area contributed by atoms with Gasteiger partial charge in [-0.1, -0.05) is 19.8 Å². The van der Waals surface area contributed by atoms with Gasteiger partial charge in [-0.3, -0.25) is 0 Å². The van der Waals surface area contributed by atoms with E-state index in [4.69, 9.17) is 0 Å². The summed E-state index contributed by atoms with van der Waals surface area (Å²) in [6.45, 7) is 2.24. The van der Waals surface area contributed by atoms with Crippen LogP contribution in [0.2, 0.25) is 0 Å². The van der Waals surface area contributed by atoms with E-state index in [0.29, 0.717) is 5.92 Å². The maximum atomic E-state index is 12.8. The lowest BCUT2D eigenvalue weighted by Crippen LogP contribution is -2.56. The Morgan fingerprint density at radius 3 is 2.33 bits per heavy atom. The van der Waals surface area contributed by atoms with E-state index in [0.717, 1.165) is 30.6 Å². The highest BCUT2D eigenvalue weighted by molar-refractivity contribution is 5.06. The molecule has 4 saturated carbocycles. The summed E-state index contributed by atoms with van der Waals surface area (Å²) in [7, 11) is 0. The van der Waals surface area contributed by atoms with Gasteiger partial charge in [0.05, 0.1) is 0 Å². The molecule has 3 atom stereocenters. The van der Waals surface area contributed by atoms with Crippen LogP contribution in [0.15, 0.2) is 0 Å². The van der Waals surface area contributed by atoms with Crippen LogP contribution in [0.3, 0.4) is 0 Å². The zero-order chi connectivity index (χ0) is 10.5. The van der Waals surface area contributed by atoms with E-state index < -0.39 is 5.60 Å². The topological polar surface area (TPSA) is 19.9 Å². The minimum absolute atomic E-state index is 0.482. The first-order chi connectivity index (χ1) is 7.21. The first kappa shape index (κ1) is 10.1. The van der Waals surface area contributed by atoms with Gasteiger partial charge < -0.3 is 0 Å². The van der Waals surface area contributed by atoms with Crippen molar-refractivity contribution in [3.05, 3.63) is 0 Å². The van der Waals surface area contributed by atoms with Crippen LogP contribution in [0.4, 0.5) is 0 Å². The number of hydrogen-bond donors (Lipinski definition) is 0. The Balaban J connectivity index is 1.77. The first-order valence-corrected chi connectivity index (χ1v) is 6.91. The predicted octanol–water partition coefficient (Wildman–Crippen LogP) is 3.80. The van der Waals surface area contributed by atoms with E-state index in [1.54, 1.807) is 0 Å². The Bertz CT molecular complexity index is 234. The lowest BCUT2D eigenvalue weighted by atomic mass is 9.49. The molecule has 3 unspecified atom stereocenters. The fourth-order valence-electron chi connectivity index (χ4n) is 4.99. The van der Waals surface area contributed by atoms with Crippen molar-refractivity contribution < 1.29 is 5.11 Å². The summed E-state index contributed by atoms with van der Waals surface area (Å²) in [5.41, 5.74) is -0.482. The SMILES string of the molecule is CCCCC1C2CC3CC(C2)CC1([O])C3. The van der Waals surface area contributed by atoms with Crippen molar-refractivity contribution >= 4 is 0 Å². The van der Waals surface area contributed by atoms with Crippen molar-refractivity contribution in [2.45, 2.75) is 63.9 Å². The van der Waals surface area contributed by atoms with Gasteiger partial charge in [0.1, 0.15) is 5.60 Å². The van der Waals surface area contributed by atoms with E-state index in [1.807, 2.05) is 0 Å².